The number of benzene rings is 1. The minimum Gasteiger partial charge on any atom is -0.373 e. The Bertz CT molecular complexity index is 642. The van der Waals surface area contributed by atoms with Crippen LogP contribution in [0.4, 0.5) is 0 Å². The lowest BCUT2D eigenvalue weighted by Crippen LogP contribution is -2.26. The maximum Gasteiger partial charge on any atom is 0.221 e. The molecule has 6 nitrogen and oxygen atoms in total. The van der Waals surface area contributed by atoms with Crippen molar-refractivity contribution in [3.63, 3.8) is 0 Å². The zero-order valence-corrected chi connectivity index (χ0v) is 13.9. The zero-order chi connectivity index (χ0) is 16.6. The van der Waals surface area contributed by atoms with Gasteiger partial charge in [0.1, 0.15) is 12.7 Å². The predicted octanol–water partition coefficient (Wildman–Crippen LogP) is 2.27. The predicted molar refractivity (Wildman–Crippen MR) is 90.3 cm³/mol. The first-order valence-electron chi connectivity index (χ1n) is 8.61. The van der Waals surface area contributed by atoms with Gasteiger partial charge in [-0.2, -0.15) is 5.10 Å². The van der Waals surface area contributed by atoms with Gasteiger partial charge >= 0.3 is 0 Å². The highest BCUT2D eigenvalue weighted by molar-refractivity contribution is 5.75. The lowest BCUT2D eigenvalue weighted by atomic mass is 9.89. The van der Waals surface area contributed by atoms with E-state index >= 15 is 0 Å². The van der Waals surface area contributed by atoms with Crippen LogP contribution in [-0.2, 0) is 22.5 Å². The Labute approximate surface area is 142 Å². The highest BCUT2D eigenvalue weighted by Gasteiger charge is 2.19. The minimum absolute atomic E-state index is 0.0357. The van der Waals surface area contributed by atoms with E-state index in [4.69, 9.17) is 4.74 Å². The molecule has 1 amide bonds. The fraction of sp³-hybridized carbons (Fsp3) is 0.500. The average Bonchev–Trinajstić information content (AvgIpc) is 3.13. The van der Waals surface area contributed by atoms with E-state index in [-0.39, 0.29) is 12.0 Å². The second-order valence-corrected chi connectivity index (χ2v) is 6.06. The zero-order valence-electron chi connectivity index (χ0n) is 13.9. The number of aromatic nitrogens is 3. The molecular weight excluding hydrogens is 304 g/mol. The van der Waals surface area contributed by atoms with Gasteiger partial charge in [-0.1, -0.05) is 24.3 Å². The van der Waals surface area contributed by atoms with Crippen molar-refractivity contribution in [2.75, 3.05) is 13.2 Å². The number of carbonyl (C=O) groups is 1. The van der Waals surface area contributed by atoms with Crippen molar-refractivity contribution >= 4 is 5.91 Å². The number of aryl methyl sites for hydroxylation is 2. The van der Waals surface area contributed by atoms with Crippen LogP contribution in [0.5, 0.6) is 0 Å². The molecule has 0 bridgehead atoms. The molecule has 1 aromatic heterocycles. The maximum atomic E-state index is 11.8. The molecule has 1 unspecified atom stereocenters. The van der Waals surface area contributed by atoms with Gasteiger partial charge in [0.15, 0.2) is 0 Å². The number of fused-ring (bicyclic) bond motifs is 1. The van der Waals surface area contributed by atoms with Crippen LogP contribution in [0.25, 0.3) is 0 Å². The Balaban J connectivity index is 1.31. The lowest BCUT2D eigenvalue weighted by molar-refractivity contribution is -0.121. The van der Waals surface area contributed by atoms with Crippen LogP contribution >= 0.6 is 0 Å². The molecule has 1 atom stereocenters. The molecule has 24 heavy (non-hydrogen) atoms. The van der Waals surface area contributed by atoms with Gasteiger partial charge < -0.3 is 10.1 Å². The van der Waals surface area contributed by atoms with Crippen LogP contribution in [0.1, 0.15) is 42.9 Å². The van der Waals surface area contributed by atoms with Crippen LogP contribution in [0.15, 0.2) is 36.9 Å². The molecule has 1 N–H and O–H groups in total. The summed E-state index contributed by atoms with van der Waals surface area (Å²) in [5.41, 5.74) is 2.75. The summed E-state index contributed by atoms with van der Waals surface area (Å²) < 4.78 is 7.69. The Morgan fingerprint density at radius 3 is 3.17 bits per heavy atom. The first kappa shape index (κ1) is 16.6. The number of nitrogens with one attached hydrogen (secondary N) is 1. The Morgan fingerprint density at radius 2 is 2.29 bits per heavy atom. The number of ether oxygens (including phenoxy) is 1. The van der Waals surface area contributed by atoms with Crippen molar-refractivity contribution in [2.45, 2.75) is 44.8 Å². The summed E-state index contributed by atoms with van der Waals surface area (Å²) in [5, 5.41) is 6.90. The quantitative estimate of drug-likeness (QED) is 0.755. The molecule has 0 fully saturated rings. The van der Waals surface area contributed by atoms with Crippen LogP contribution in [-0.4, -0.2) is 33.8 Å². The van der Waals surface area contributed by atoms with Crippen molar-refractivity contribution in [1.82, 2.24) is 20.1 Å². The third-order valence-electron chi connectivity index (χ3n) is 4.31. The van der Waals surface area contributed by atoms with Crippen molar-refractivity contribution in [3.05, 3.63) is 48.0 Å². The van der Waals surface area contributed by atoms with Gasteiger partial charge in [-0.05, 0) is 36.8 Å². The van der Waals surface area contributed by atoms with Crippen LogP contribution < -0.4 is 5.32 Å². The average molecular weight is 328 g/mol. The fourth-order valence-electron chi connectivity index (χ4n) is 3.06. The smallest absolute Gasteiger partial charge is 0.221 e. The number of carbonyl (C=O) groups excluding carboxylic acids is 1. The highest BCUT2D eigenvalue weighted by Crippen LogP contribution is 2.32. The first-order valence-corrected chi connectivity index (χ1v) is 8.61. The molecule has 0 saturated heterocycles. The highest BCUT2D eigenvalue weighted by atomic mass is 16.5. The van der Waals surface area contributed by atoms with E-state index < -0.39 is 0 Å². The molecular formula is C18H24N4O2. The largest absolute Gasteiger partial charge is 0.373 e. The van der Waals surface area contributed by atoms with E-state index in [1.807, 2.05) is 0 Å². The second kappa shape index (κ2) is 8.59. The third kappa shape index (κ3) is 4.64. The number of rotatable bonds is 8. The standard InChI is InChI=1S/C18H24N4O2/c23-18(9-11-22-14-19-13-21-22)20-10-4-12-24-17-8-3-6-15-5-1-2-7-16(15)17/h1-2,5,7,13-14,17H,3-4,6,8-12H2,(H,20,23). The normalized spacial score (nSPS) is 16.6. The van der Waals surface area contributed by atoms with E-state index in [2.05, 4.69) is 39.7 Å². The molecule has 1 aliphatic rings. The maximum absolute atomic E-state index is 11.8. The van der Waals surface area contributed by atoms with Crippen LogP contribution in [0.2, 0.25) is 0 Å². The van der Waals surface area contributed by atoms with Gasteiger partial charge in [-0.15, -0.1) is 0 Å². The molecule has 2 aromatic rings. The van der Waals surface area contributed by atoms with Crippen molar-refractivity contribution in [3.8, 4) is 0 Å². The summed E-state index contributed by atoms with van der Waals surface area (Å²) in [5.74, 6) is 0.0357. The third-order valence-corrected chi connectivity index (χ3v) is 4.31. The first-order chi connectivity index (χ1) is 11.8. The number of hydrogen-bond donors (Lipinski definition) is 1. The van der Waals surface area contributed by atoms with Gasteiger partial charge in [-0.3, -0.25) is 9.48 Å². The molecule has 1 aliphatic carbocycles. The monoisotopic (exact) mass is 328 g/mol. The van der Waals surface area contributed by atoms with Crippen molar-refractivity contribution in [2.24, 2.45) is 0 Å². The number of hydrogen-bond acceptors (Lipinski definition) is 4. The summed E-state index contributed by atoms with van der Waals surface area (Å²) in [6, 6.07) is 8.54. The Kier molecular flexibility index (Phi) is 5.96. The topological polar surface area (TPSA) is 69.0 Å². The molecule has 3 rings (SSSR count). The van der Waals surface area contributed by atoms with Crippen molar-refractivity contribution < 1.29 is 9.53 Å². The molecule has 6 heteroatoms. The lowest BCUT2D eigenvalue weighted by Gasteiger charge is -2.25. The van der Waals surface area contributed by atoms with Gasteiger partial charge in [0, 0.05) is 19.6 Å². The van der Waals surface area contributed by atoms with Crippen molar-refractivity contribution in [1.29, 1.82) is 0 Å². The molecule has 1 aromatic carbocycles. The summed E-state index contributed by atoms with van der Waals surface area (Å²) in [4.78, 5) is 15.6. The van der Waals surface area contributed by atoms with E-state index in [1.165, 1.54) is 23.9 Å². The minimum atomic E-state index is 0.0357. The molecule has 0 radical (unpaired) electrons. The van der Waals surface area contributed by atoms with E-state index in [0.717, 1.165) is 19.3 Å². The molecule has 0 aliphatic heterocycles. The fourth-order valence-corrected chi connectivity index (χ4v) is 3.06. The number of amides is 1. The van der Waals surface area contributed by atoms with Gasteiger partial charge in [0.05, 0.1) is 12.6 Å². The molecule has 0 spiro atoms. The molecule has 128 valence electrons. The number of nitrogens with zero attached hydrogens (tertiary/aromatic N) is 3. The van der Waals surface area contributed by atoms with Gasteiger partial charge in [0.2, 0.25) is 5.91 Å². The summed E-state index contributed by atoms with van der Waals surface area (Å²) in [7, 11) is 0. The van der Waals surface area contributed by atoms with Gasteiger partial charge in [0.25, 0.3) is 0 Å². The summed E-state index contributed by atoms with van der Waals surface area (Å²) in [6.45, 7) is 1.87. The van der Waals surface area contributed by atoms with Crippen LogP contribution in [0, 0.1) is 0 Å². The molecule has 0 saturated carbocycles. The van der Waals surface area contributed by atoms with Crippen LogP contribution in [0.3, 0.4) is 0 Å². The summed E-state index contributed by atoms with van der Waals surface area (Å²) in [6.07, 6.45) is 7.95. The second-order valence-electron chi connectivity index (χ2n) is 6.06. The van der Waals surface area contributed by atoms with Gasteiger partial charge in [-0.25, -0.2) is 4.98 Å². The molecule has 1 heterocycles. The Hall–Kier alpha value is -2.21. The van der Waals surface area contributed by atoms with E-state index in [1.54, 1.807) is 11.0 Å². The SMILES string of the molecule is O=C(CCn1cncn1)NCCCOC1CCCc2ccccc21. The van der Waals surface area contributed by atoms with E-state index in [9.17, 15) is 4.79 Å². The summed E-state index contributed by atoms with van der Waals surface area (Å²) >= 11 is 0. The van der Waals surface area contributed by atoms with E-state index in [0.29, 0.717) is 26.1 Å². The Morgan fingerprint density at radius 1 is 1.38 bits per heavy atom.